The van der Waals surface area contributed by atoms with Gasteiger partial charge in [-0.2, -0.15) is 5.10 Å². The summed E-state index contributed by atoms with van der Waals surface area (Å²) in [5.74, 6) is 0.0675. The molecule has 0 heterocycles. The molecule has 0 unspecified atom stereocenters. The van der Waals surface area contributed by atoms with E-state index in [4.69, 9.17) is 53.7 Å². The van der Waals surface area contributed by atoms with E-state index >= 15 is 0 Å². The minimum absolute atomic E-state index is 0.240. The number of nitrogens with two attached hydrogens (primary N) is 1. The molecule has 2 aromatic rings. The lowest BCUT2D eigenvalue weighted by Crippen LogP contribution is -2.25. The highest BCUT2D eigenvalue weighted by molar-refractivity contribution is 6.42. The van der Waals surface area contributed by atoms with E-state index in [1.807, 2.05) is 6.07 Å². The number of guanidine groups is 1. The van der Waals surface area contributed by atoms with Crippen molar-refractivity contribution in [1.82, 2.24) is 5.43 Å². The largest absolute Gasteiger partial charge is 0.493 e. The summed E-state index contributed by atoms with van der Waals surface area (Å²) in [7, 11) is 1.56. The summed E-state index contributed by atoms with van der Waals surface area (Å²) in [6.07, 6.45) is 1.52. The van der Waals surface area contributed by atoms with E-state index in [-0.39, 0.29) is 5.96 Å². The van der Waals surface area contributed by atoms with Gasteiger partial charge >= 0.3 is 0 Å². The minimum atomic E-state index is -0.833. The van der Waals surface area contributed by atoms with Gasteiger partial charge in [0.05, 0.1) is 23.4 Å². The first kappa shape index (κ1) is 23.1. The third kappa shape index (κ3) is 8.61. The van der Waals surface area contributed by atoms with Gasteiger partial charge in [-0.25, -0.2) is 5.43 Å². The zero-order valence-electron chi connectivity index (χ0n) is 15.2. The molecule has 0 spiro atoms. The highest BCUT2D eigenvalue weighted by Gasteiger charge is 2.07. The fraction of sp³-hybridized carbons (Fsp3) is 0.167. The van der Waals surface area contributed by atoms with Crippen LogP contribution in [-0.2, 0) is 11.4 Å². The monoisotopic (exact) mass is 426 g/mol. The van der Waals surface area contributed by atoms with E-state index in [0.29, 0.717) is 28.2 Å². The Labute approximate surface area is 172 Å². The summed E-state index contributed by atoms with van der Waals surface area (Å²) in [5.41, 5.74) is 9.14. The number of aliphatic carboxylic acids is 1. The van der Waals surface area contributed by atoms with Crippen LogP contribution >= 0.6 is 23.2 Å². The summed E-state index contributed by atoms with van der Waals surface area (Å²) >= 11 is 11.9. The molecule has 10 heteroatoms. The van der Waals surface area contributed by atoms with Crippen molar-refractivity contribution in [2.24, 2.45) is 10.8 Å². The number of nitrogens with zero attached hydrogens (tertiary/aromatic N) is 1. The third-order valence-electron chi connectivity index (χ3n) is 2.96. The molecule has 0 aromatic heterocycles. The normalized spacial score (nSPS) is 10.0. The third-order valence-corrected chi connectivity index (χ3v) is 3.70. The number of carboxylic acids is 1. The maximum absolute atomic E-state index is 9.00. The van der Waals surface area contributed by atoms with Crippen LogP contribution in [0.5, 0.6) is 11.5 Å². The number of hydrazone groups is 1. The quantitative estimate of drug-likeness (QED) is 0.317. The number of hydrogen-bond acceptors (Lipinski definition) is 5. The molecule has 8 nitrogen and oxygen atoms in total. The highest BCUT2D eigenvalue weighted by atomic mass is 35.5. The second-order valence-corrected chi connectivity index (χ2v) is 6.06. The maximum atomic E-state index is 9.00. The standard InChI is InChI=1S/C16H16Cl2N4O2.C2H4O2/c1-23-14-5-3-10(8-21-22-16(19)20)7-15(14)24-9-11-2-4-12(17)13(18)6-11;1-2(3)4/h2-8H,9H2,1H3,(H4,19,20,22);1H3,(H,3,4)/b21-8+;. The first-order valence-corrected chi connectivity index (χ1v) is 8.56. The summed E-state index contributed by atoms with van der Waals surface area (Å²) in [5, 5.41) is 19.3. The number of halogens is 2. The van der Waals surface area contributed by atoms with Crippen molar-refractivity contribution in [3.63, 3.8) is 0 Å². The van der Waals surface area contributed by atoms with Crippen molar-refractivity contribution in [1.29, 1.82) is 5.41 Å². The molecular formula is C18H20Cl2N4O4. The van der Waals surface area contributed by atoms with Crippen molar-refractivity contribution >= 4 is 41.3 Å². The van der Waals surface area contributed by atoms with E-state index in [1.165, 1.54) is 6.21 Å². The number of rotatable bonds is 6. The van der Waals surface area contributed by atoms with Gasteiger partial charge in [0.15, 0.2) is 11.5 Å². The zero-order valence-corrected chi connectivity index (χ0v) is 16.7. The average Bonchev–Trinajstić information content (AvgIpc) is 2.62. The molecular weight excluding hydrogens is 407 g/mol. The van der Waals surface area contributed by atoms with Gasteiger partial charge in [-0.15, -0.1) is 0 Å². The van der Waals surface area contributed by atoms with Crippen LogP contribution in [0, 0.1) is 5.41 Å². The van der Waals surface area contributed by atoms with Crippen molar-refractivity contribution in [3.05, 3.63) is 57.6 Å². The molecule has 2 aromatic carbocycles. The lowest BCUT2D eigenvalue weighted by molar-refractivity contribution is -0.134. The van der Waals surface area contributed by atoms with Crippen molar-refractivity contribution in [3.8, 4) is 11.5 Å². The van der Waals surface area contributed by atoms with Gasteiger partial charge in [-0.1, -0.05) is 29.3 Å². The first-order valence-electron chi connectivity index (χ1n) is 7.80. The first-order chi connectivity index (χ1) is 13.2. The lowest BCUT2D eigenvalue weighted by atomic mass is 10.2. The van der Waals surface area contributed by atoms with Gasteiger partial charge in [0.25, 0.3) is 5.97 Å². The van der Waals surface area contributed by atoms with Gasteiger partial charge in [0.2, 0.25) is 5.96 Å². The predicted octanol–water partition coefficient (Wildman–Crippen LogP) is 3.49. The van der Waals surface area contributed by atoms with E-state index in [9.17, 15) is 0 Å². The SMILES string of the molecule is CC(=O)O.COc1ccc(/C=N/NC(=N)N)cc1OCc1ccc(Cl)c(Cl)c1. The molecule has 0 radical (unpaired) electrons. The van der Waals surface area contributed by atoms with Crippen LogP contribution in [-0.4, -0.2) is 30.4 Å². The van der Waals surface area contributed by atoms with Gasteiger partial charge in [0.1, 0.15) is 6.61 Å². The van der Waals surface area contributed by atoms with Crippen LogP contribution in [0.15, 0.2) is 41.5 Å². The van der Waals surface area contributed by atoms with Gasteiger partial charge in [-0.05, 0) is 41.5 Å². The molecule has 28 heavy (non-hydrogen) atoms. The van der Waals surface area contributed by atoms with Crippen LogP contribution in [0.25, 0.3) is 0 Å². The molecule has 150 valence electrons. The topological polar surface area (TPSA) is 130 Å². The minimum Gasteiger partial charge on any atom is -0.493 e. The van der Waals surface area contributed by atoms with E-state index in [0.717, 1.165) is 18.1 Å². The van der Waals surface area contributed by atoms with Crippen molar-refractivity contribution in [2.75, 3.05) is 7.11 Å². The molecule has 0 fully saturated rings. The zero-order chi connectivity index (χ0) is 21.1. The molecule has 0 amide bonds. The summed E-state index contributed by atoms with van der Waals surface area (Å²) < 4.78 is 11.1. The number of methoxy groups -OCH3 is 1. The fourth-order valence-electron chi connectivity index (χ4n) is 1.85. The van der Waals surface area contributed by atoms with Crippen LogP contribution in [0.2, 0.25) is 10.0 Å². The Morgan fingerprint density at radius 3 is 2.50 bits per heavy atom. The van der Waals surface area contributed by atoms with Gasteiger partial charge < -0.3 is 20.3 Å². The Morgan fingerprint density at radius 2 is 1.93 bits per heavy atom. The molecule has 5 N–H and O–H groups in total. The van der Waals surface area contributed by atoms with Gasteiger partial charge in [-0.3, -0.25) is 10.2 Å². The Balaban J connectivity index is 0.000000892. The predicted molar refractivity (Wildman–Crippen MR) is 110 cm³/mol. The summed E-state index contributed by atoms with van der Waals surface area (Å²) in [4.78, 5) is 9.00. The molecule has 0 aliphatic heterocycles. The number of nitrogens with one attached hydrogen (secondary N) is 2. The molecule has 0 saturated heterocycles. The van der Waals surface area contributed by atoms with E-state index in [1.54, 1.807) is 37.4 Å². The molecule has 0 atom stereocenters. The van der Waals surface area contributed by atoms with Crippen molar-refractivity contribution in [2.45, 2.75) is 13.5 Å². The summed E-state index contributed by atoms with van der Waals surface area (Å²) in [6.45, 7) is 1.39. The molecule has 0 bridgehead atoms. The molecule has 2 rings (SSSR count). The molecule has 0 saturated carbocycles. The number of carbonyl (C=O) groups is 1. The van der Waals surface area contributed by atoms with E-state index < -0.39 is 5.97 Å². The highest BCUT2D eigenvalue weighted by Crippen LogP contribution is 2.29. The second-order valence-electron chi connectivity index (χ2n) is 5.25. The molecule has 0 aliphatic rings. The van der Waals surface area contributed by atoms with Crippen LogP contribution in [0.1, 0.15) is 18.1 Å². The lowest BCUT2D eigenvalue weighted by Gasteiger charge is -2.12. The Morgan fingerprint density at radius 1 is 1.25 bits per heavy atom. The van der Waals surface area contributed by atoms with Crippen LogP contribution in [0.4, 0.5) is 0 Å². The smallest absolute Gasteiger partial charge is 0.300 e. The Hall–Kier alpha value is -2.97. The Bertz CT molecular complexity index is 855. The average molecular weight is 427 g/mol. The number of carboxylic acid groups (broad SMARTS) is 1. The van der Waals surface area contributed by atoms with E-state index in [2.05, 4.69) is 10.5 Å². The fourth-order valence-corrected chi connectivity index (χ4v) is 2.17. The molecule has 0 aliphatic carbocycles. The number of ether oxygens (including phenoxy) is 2. The van der Waals surface area contributed by atoms with Crippen LogP contribution in [0.3, 0.4) is 0 Å². The Kier molecular flexibility index (Phi) is 9.63. The van der Waals surface area contributed by atoms with Crippen LogP contribution < -0.4 is 20.6 Å². The maximum Gasteiger partial charge on any atom is 0.300 e. The second kappa shape index (κ2) is 11.7. The number of benzene rings is 2. The van der Waals surface area contributed by atoms with Gasteiger partial charge in [0, 0.05) is 6.92 Å². The number of hydrogen-bond donors (Lipinski definition) is 4. The van der Waals surface area contributed by atoms with Crippen molar-refractivity contribution < 1.29 is 19.4 Å². The summed E-state index contributed by atoms with van der Waals surface area (Å²) in [6, 6.07) is 10.6.